The third kappa shape index (κ3) is 3.00. The van der Waals surface area contributed by atoms with Crippen molar-refractivity contribution in [2.24, 2.45) is 7.05 Å². The summed E-state index contributed by atoms with van der Waals surface area (Å²) in [5, 5.41) is 6.83. The van der Waals surface area contributed by atoms with Crippen molar-refractivity contribution in [2.45, 2.75) is 33.7 Å². The second kappa shape index (κ2) is 5.67. The van der Waals surface area contributed by atoms with Crippen molar-refractivity contribution < 1.29 is 0 Å². The van der Waals surface area contributed by atoms with E-state index in [4.69, 9.17) is 0 Å². The van der Waals surface area contributed by atoms with Gasteiger partial charge in [-0.15, -0.1) is 11.3 Å². The lowest BCUT2D eigenvalue weighted by Crippen LogP contribution is -2.17. The molecule has 0 saturated heterocycles. The molecule has 0 aromatic carbocycles. The van der Waals surface area contributed by atoms with Gasteiger partial charge in [0.1, 0.15) is 0 Å². The van der Waals surface area contributed by atoms with Crippen molar-refractivity contribution in [2.75, 3.05) is 6.54 Å². The predicted molar refractivity (Wildman–Crippen MR) is 77.1 cm³/mol. The van der Waals surface area contributed by atoms with Gasteiger partial charge in [-0.1, -0.05) is 0 Å². The highest BCUT2D eigenvalue weighted by atomic mass is 32.1. The van der Waals surface area contributed by atoms with Crippen LogP contribution in [-0.2, 0) is 20.0 Å². The summed E-state index contributed by atoms with van der Waals surface area (Å²) >= 11 is 1.75. The lowest BCUT2D eigenvalue weighted by molar-refractivity contribution is 0.679. The quantitative estimate of drug-likeness (QED) is 0.841. The molecule has 0 amide bonds. The summed E-state index contributed by atoms with van der Waals surface area (Å²) < 4.78 is 2.24. The number of aryl methyl sites for hydroxylation is 2. The monoisotopic (exact) mass is 263 g/mol. The molecule has 2 aromatic rings. The van der Waals surface area contributed by atoms with Gasteiger partial charge in [-0.25, -0.2) is 4.98 Å². The van der Waals surface area contributed by atoms with Crippen LogP contribution in [0, 0.1) is 20.8 Å². The van der Waals surface area contributed by atoms with Crippen molar-refractivity contribution in [3.63, 3.8) is 0 Å². The highest BCUT2D eigenvalue weighted by Crippen LogP contribution is 2.13. The maximum absolute atomic E-state index is 4.47. The average Bonchev–Trinajstić information content (AvgIpc) is 2.85. The number of thiazole rings is 1. The minimum absolute atomic E-state index is 0.942. The Morgan fingerprint density at radius 1 is 1.33 bits per heavy atom. The second-order valence-corrected chi connectivity index (χ2v) is 5.71. The van der Waals surface area contributed by atoms with Crippen molar-refractivity contribution >= 4 is 11.3 Å². The zero-order valence-corrected chi connectivity index (χ0v) is 12.4. The molecule has 0 spiro atoms. The molecule has 0 aliphatic carbocycles. The van der Waals surface area contributed by atoms with Gasteiger partial charge in [-0.3, -0.25) is 0 Å². The fraction of sp³-hybridized carbons (Fsp3) is 0.500. The lowest BCUT2D eigenvalue weighted by atomic mass is 10.2. The Morgan fingerprint density at radius 3 is 2.67 bits per heavy atom. The van der Waals surface area contributed by atoms with Gasteiger partial charge in [-0.2, -0.15) is 0 Å². The Labute approximate surface area is 113 Å². The molecule has 2 aromatic heterocycles. The summed E-state index contributed by atoms with van der Waals surface area (Å²) in [6.07, 6.45) is 1.02. The fourth-order valence-corrected chi connectivity index (χ4v) is 2.82. The minimum Gasteiger partial charge on any atom is -0.352 e. The normalized spacial score (nSPS) is 11.1. The van der Waals surface area contributed by atoms with Crippen LogP contribution in [0.5, 0.6) is 0 Å². The smallest absolute Gasteiger partial charge is 0.0940 e. The average molecular weight is 263 g/mol. The summed E-state index contributed by atoms with van der Waals surface area (Å²) in [7, 11) is 2.12. The topological polar surface area (TPSA) is 29.9 Å². The molecule has 0 aliphatic rings. The Hall–Kier alpha value is -1.13. The van der Waals surface area contributed by atoms with Crippen LogP contribution < -0.4 is 5.32 Å². The van der Waals surface area contributed by atoms with Crippen LogP contribution in [-0.4, -0.2) is 16.1 Å². The maximum atomic E-state index is 4.47. The highest BCUT2D eigenvalue weighted by Gasteiger charge is 2.05. The predicted octanol–water partition coefficient (Wildman–Crippen LogP) is 2.74. The third-order valence-corrected chi connectivity index (χ3v) is 4.40. The Kier molecular flexibility index (Phi) is 4.19. The van der Waals surface area contributed by atoms with E-state index < -0.39 is 0 Å². The molecule has 98 valence electrons. The summed E-state index contributed by atoms with van der Waals surface area (Å²) in [6, 6.07) is 2.26. The first-order chi connectivity index (χ1) is 8.58. The molecular weight excluding hydrogens is 242 g/mol. The summed E-state index contributed by atoms with van der Waals surface area (Å²) in [6.45, 7) is 8.30. The largest absolute Gasteiger partial charge is 0.352 e. The molecule has 0 saturated carbocycles. The number of rotatable bonds is 5. The molecule has 4 heteroatoms. The zero-order valence-electron chi connectivity index (χ0n) is 11.6. The van der Waals surface area contributed by atoms with Crippen LogP contribution in [0.4, 0.5) is 0 Å². The van der Waals surface area contributed by atoms with Crippen molar-refractivity contribution in [1.82, 2.24) is 14.9 Å². The van der Waals surface area contributed by atoms with Crippen LogP contribution in [0.1, 0.15) is 27.7 Å². The van der Waals surface area contributed by atoms with Gasteiger partial charge in [0.25, 0.3) is 0 Å². The van der Waals surface area contributed by atoms with Gasteiger partial charge < -0.3 is 9.88 Å². The van der Waals surface area contributed by atoms with E-state index in [2.05, 4.69) is 47.2 Å². The van der Waals surface area contributed by atoms with Gasteiger partial charge in [0.15, 0.2) is 0 Å². The molecule has 3 nitrogen and oxygen atoms in total. The first-order valence-electron chi connectivity index (χ1n) is 6.31. The van der Waals surface area contributed by atoms with E-state index in [-0.39, 0.29) is 0 Å². The van der Waals surface area contributed by atoms with E-state index in [0.29, 0.717) is 0 Å². The number of aromatic nitrogens is 2. The molecular formula is C14H21N3S. The van der Waals surface area contributed by atoms with E-state index in [0.717, 1.165) is 25.2 Å². The van der Waals surface area contributed by atoms with Gasteiger partial charge >= 0.3 is 0 Å². The molecule has 0 unspecified atom stereocenters. The van der Waals surface area contributed by atoms with Crippen LogP contribution in [0.3, 0.4) is 0 Å². The van der Waals surface area contributed by atoms with Crippen LogP contribution in [0.25, 0.3) is 0 Å². The first kappa shape index (κ1) is 13.3. The second-order valence-electron chi connectivity index (χ2n) is 4.76. The molecule has 0 radical (unpaired) electrons. The first-order valence-corrected chi connectivity index (χ1v) is 7.19. The van der Waals surface area contributed by atoms with E-state index in [1.165, 1.54) is 22.0 Å². The molecule has 0 fully saturated rings. The molecule has 0 bridgehead atoms. The lowest BCUT2D eigenvalue weighted by Gasteiger charge is -2.04. The van der Waals surface area contributed by atoms with Crippen LogP contribution in [0.15, 0.2) is 11.4 Å². The third-order valence-electron chi connectivity index (χ3n) is 3.38. The van der Waals surface area contributed by atoms with Crippen molar-refractivity contribution in [3.05, 3.63) is 39.1 Å². The fourth-order valence-electron chi connectivity index (χ4n) is 2.05. The van der Waals surface area contributed by atoms with E-state index in [9.17, 15) is 0 Å². The van der Waals surface area contributed by atoms with E-state index >= 15 is 0 Å². The van der Waals surface area contributed by atoms with Gasteiger partial charge in [0, 0.05) is 49.0 Å². The maximum Gasteiger partial charge on any atom is 0.0940 e. The van der Waals surface area contributed by atoms with Crippen LogP contribution >= 0.6 is 11.3 Å². The molecule has 2 heterocycles. The summed E-state index contributed by atoms with van der Waals surface area (Å²) in [4.78, 5) is 4.47. The van der Waals surface area contributed by atoms with Crippen LogP contribution in [0.2, 0.25) is 0 Å². The highest BCUT2D eigenvalue weighted by molar-refractivity contribution is 7.09. The van der Waals surface area contributed by atoms with Gasteiger partial charge in [-0.05, 0) is 32.4 Å². The van der Waals surface area contributed by atoms with E-state index in [1.54, 1.807) is 11.3 Å². The Morgan fingerprint density at radius 2 is 2.11 bits per heavy atom. The molecule has 0 atom stereocenters. The number of nitrogens with one attached hydrogen (secondary N) is 1. The van der Waals surface area contributed by atoms with Crippen molar-refractivity contribution in [3.8, 4) is 0 Å². The Balaban J connectivity index is 1.80. The number of hydrogen-bond acceptors (Lipinski definition) is 3. The summed E-state index contributed by atoms with van der Waals surface area (Å²) in [5.41, 5.74) is 5.19. The van der Waals surface area contributed by atoms with E-state index in [1.807, 2.05) is 6.92 Å². The number of hydrogen-bond donors (Lipinski definition) is 1. The molecule has 2 rings (SSSR count). The molecule has 18 heavy (non-hydrogen) atoms. The summed E-state index contributed by atoms with van der Waals surface area (Å²) in [5.74, 6) is 0. The van der Waals surface area contributed by atoms with Gasteiger partial charge in [0.05, 0.1) is 5.01 Å². The molecule has 1 N–H and O–H groups in total. The minimum atomic E-state index is 0.942. The Bertz CT molecular complexity index is 525. The zero-order chi connectivity index (χ0) is 13.1. The standard InChI is InChI=1S/C14H21N3S/c1-10-9-18-14(16-10)5-6-15-8-13-7-11(2)17(4)12(13)3/h7,9,15H,5-6,8H2,1-4H3. The van der Waals surface area contributed by atoms with Crippen molar-refractivity contribution in [1.29, 1.82) is 0 Å². The van der Waals surface area contributed by atoms with Gasteiger partial charge in [0.2, 0.25) is 0 Å². The SMILES string of the molecule is Cc1csc(CCNCc2cc(C)n(C)c2C)n1. The molecule has 0 aliphatic heterocycles. The number of nitrogens with zero attached hydrogens (tertiary/aromatic N) is 2.